The van der Waals surface area contributed by atoms with E-state index >= 15 is 0 Å². The molecule has 5 nitrogen and oxygen atoms in total. The summed E-state index contributed by atoms with van der Waals surface area (Å²) in [5.41, 5.74) is 3.72. The molecular formula is C21H25NO4. The first kappa shape index (κ1) is 19.5. The van der Waals surface area contributed by atoms with E-state index in [4.69, 9.17) is 9.47 Å². The van der Waals surface area contributed by atoms with Gasteiger partial charge in [-0.1, -0.05) is 24.3 Å². The Kier molecular flexibility index (Phi) is 6.39. The summed E-state index contributed by atoms with van der Waals surface area (Å²) in [5.74, 6) is -0.383. The molecule has 1 N–H and O–H groups in total. The smallest absolute Gasteiger partial charge is 0.347 e. The van der Waals surface area contributed by atoms with Crippen molar-refractivity contribution in [3.63, 3.8) is 0 Å². The van der Waals surface area contributed by atoms with Crippen LogP contribution in [-0.2, 0) is 14.3 Å². The molecule has 1 amide bonds. The average Bonchev–Trinajstić information content (AvgIpc) is 2.58. The number of hydrogen-bond acceptors (Lipinski definition) is 4. The van der Waals surface area contributed by atoms with Gasteiger partial charge in [0, 0.05) is 5.69 Å². The van der Waals surface area contributed by atoms with Gasteiger partial charge in [-0.05, 0) is 69.5 Å². The molecule has 0 fully saturated rings. The first-order valence-electron chi connectivity index (χ1n) is 8.58. The summed E-state index contributed by atoms with van der Waals surface area (Å²) in [5, 5.41) is 2.80. The summed E-state index contributed by atoms with van der Waals surface area (Å²) < 4.78 is 10.8. The van der Waals surface area contributed by atoms with E-state index in [1.54, 1.807) is 13.0 Å². The normalized spacial score (nSPS) is 12.8. The monoisotopic (exact) mass is 355 g/mol. The fourth-order valence-electron chi connectivity index (χ4n) is 2.37. The maximum Gasteiger partial charge on any atom is 0.347 e. The van der Waals surface area contributed by atoms with E-state index < -0.39 is 18.2 Å². The lowest BCUT2D eigenvalue weighted by Crippen LogP contribution is -2.35. The van der Waals surface area contributed by atoms with Crippen LogP contribution in [0.4, 0.5) is 5.69 Å². The lowest BCUT2D eigenvalue weighted by Gasteiger charge is -2.18. The zero-order valence-electron chi connectivity index (χ0n) is 15.8. The van der Waals surface area contributed by atoms with Crippen LogP contribution in [0, 0.1) is 20.8 Å². The molecule has 2 aromatic carbocycles. The minimum Gasteiger partial charge on any atom is -0.479 e. The number of ether oxygens (including phenoxy) is 2. The maximum atomic E-state index is 12.3. The van der Waals surface area contributed by atoms with Crippen LogP contribution in [-0.4, -0.2) is 24.1 Å². The highest BCUT2D eigenvalue weighted by Gasteiger charge is 2.23. The highest BCUT2D eigenvalue weighted by Crippen LogP contribution is 2.18. The van der Waals surface area contributed by atoms with Gasteiger partial charge in [-0.25, -0.2) is 4.79 Å². The molecule has 2 rings (SSSR count). The molecule has 0 unspecified atom stereocenters. The van der Waals surface area contributed by atoms with E-state index in [1.807, 2.05) is 57.2 Å². The molecule has 0 aromatic heterocycles. The Balaban J connectivity index is 1.92. The SMILES string of the molecule is Cc1cccc(O[C@H](C)C(=O)O[C@H](C)C(=O)Nc2cc(C)ccc2C)c1. The average molecular weight is 355 g/mol. The minimum atomic E-state index is -0.925. The Morgan fingerprint density at radius 2 is 1.62 bits per heavy atom. The maximum absolute atomic E-state index is 12.3. The third kappa shape index (κ3) is 5.34. The van der Waals surface area contributed by atoms with Crippen molar-refractivity contribution >= 4 is 17.6 Å². The van der Waals surface area contributed by atoms with Crippen molar-refractivity contribution < 1.29 is 19.1 Å². The topological polar surface area (TPSA) is 64.6 Å². The number of esters is 1. The molecule has 0 aliphatic heterocycles. The van der Waals surface area contributed by atoms with Crippen LogP contribution in [0.3, 0.4) is 0 Å². The zero-order valence-corrected chi connectivity index (χ0v) is 15.8. The fraction of sp³-hybridized carbons (Fsp3) is 0.333. The molecule has 5 heteroatoms. The van der Waals surface area contributed by atoms with Gasteiger partial charge in [-0.2, -0.15) is 0 Å². The predicted octanol–water partition coefficient (Wildman–Crippen LogP) is 3.95. The Labute approximate surface area is 154 Å². The highest BCUT2D eigenvalue weighted by molar-refractivity contribution is 5.96. The number of nitrogens with one attached hydrogen (secondary N) is 1. The van der Waals surface area contributed by atoms with E-state index in [9.17, 15) is 9.59 Å². The number of rotatable bonds is 6. The number of amides is 1. The van der Waals surface area contributed by atoms with Gasteiger partial charge in [0.2, 0.25) is 0 Å². The fourth-order valence-corrected chi connectivity index (χ4v) is 2.37. The molecule has 0 spiro atoms. The Morgan fingerprint density at radius 1 is 0.923 bits per heavy atom. The second kappa shape index (κ2) is 8.52. The van der Waals surface area contributed by atoms with E-state index in [0.29, 0.717) is 11.4 Å². The van der Waals surface area contributed by atoms with Crippen molar-refractivity contribution in [2.75, 3.05) is 5.32 Å². The lowest BCUT2D eigenvalue weighted by atomic mass is 10.1. The molecule has 2 atom stereocenters. The number of hydrogen-bond donors (Lipinski definition) is 1. The summed E-state index contributed by atoms with van der Waals surface area (Å²) in [7, 11) is 0. The van der Waals surface area contributed by atoms with Gasteiger partial charge in [0.05, 0.1) is 0 Å². The van der Waals surface area contributed by atoms with Crippen LogP contribution < -0.4 is 10.1 Å². The molecule has 0 aliphatic carbocycles. The summed E-state index contributed by atoms with van der Waals surface area (Å²) in [6.45, 7) is 8.93. The zero-order chi connectivity index (χ0) is 19.3. The Bertz CT molecular complexity index is 800. The second-order valence-electron chi connectivity index (χ2n) is 6.46. The van der Waals surface area contributed by atoms with Crippen LogP contribution in [0.25, 0.3) is 0 Å². The molecule has 2 aromatic rings. The minimum absolute atomic E-state index is 0.380. The van der Waals surface area contributed by atoms with E-state index in [-0.39, 0.29) is 5.91 Å². The number of aryl methyl sites for hydroxylation is 3. The van der Waals surface area contributed by atoms with Crippen LogP contribution in [0.15, 0.2) is 42.5 Å². The van der Waals surface area contributed by atoms with Crippen molar-refractivity contribution in [1.82, 2.24) is 0 Å². The van der Waals surface area contributed by atoms with Gasteiger partial charge in [0.1, 0.15) is 5.75 Å². The highest BCUT2D eigenvalue weighted by atomic mass is 16.6. The van der Waals surface area contributed by atoms with Crippen molar-refractivity contribution in [3.8, 4) is 5.75 Å². The number of carbonyl (C=O) groups excluding carboxylic acids is 2. The van der Waals surface area contributed by atoms with Gasteiger partial charge in [0.25, 0.3) is 5.91 Å². The standard InChI is InChI=1S/C21H25NO4/c1-13-7-6-8-18(11-13)25-17(5)21(24)26-16(4)20(23)22-19-12-14(2)9-10-15(19)3/h6-12,16-17H,1-5H3,(H,22,23)/t16-,17-/m1/s1. The van der Waals surface area contributed by atoms with E-state index in [2.05, 4.69) is 5.32 Å². The van der Waals surface area contributed by atoms with Gasteiger partial charge >= 0.3 is 5.97 Å². The van der Waals surface area contributed by atoms with Crippen molar-refractivity contribution in [2.24, 2.45) is 0 Å². The van der Waals surface area contributed by atoms with Crippen molar-refractivity contribution in [3.05, 3.63) is 59.2 Å². The molecule has 0 saturated heterocycles. The third-order valence-corrected chi connectivity index (χ3v) is 3.95. The second-order valence-corrected chi connectivity index (χ2v) is 6.46. The number of benzene rings is 2. The van der Waals surface area contributed by atoms with Gasteiger partial charge < -0.3 is 14.8 Å². The number of anilines is 1. The Morgan fingerprint density at radius 3 is 2.31 bits per heavy atom. The van der Waals surface area contributed by atoms with E-state index in [1.165, 1.54) is 6.92 Å². The molecule has 138 valence electrons. The summed E-state index contributed by atoms with van der Waals surface area (Å²) in [6, 6.07) is 13.2. The van der Waals surface area contributed by atoms with Crippen LogP contribution in [0.5, 0.6) is 5.75 Å². The van der Waals surface area contributed by atoms with Crippen molar-refractivity contribution in [2.45, 2.75) is 46.8 Å². The van der Waals surface area contributed by atoms with Gasteiger partial charge in [-0.3, -0.25) is 4.79 Å². The lowest BCUT2D eigenvalue weighted by molar-refractivity contribution is -0.159. The summed E-state index contributed by atoms with van der Waals surface area (Å²) >= 11 is 0. The Hall–Kier alpha value is -2.82. The first-order chi connectivity index (χ1) is 12.3. The van der Waals surface area contributed by atoms with Crippen LogP contribution >= 0.6 is 0 Å². The van der Waals surface area contributed by atoms with Gasteiger partial charge in [0.15, 0.2) is 12.2 Å². The number of carbonyl (C=O) groups is 2. The molecule has 0 heterocycles. The summed E-state index contributed by atoms with van der Waals surface area (Å²) in [6.07, 6.45) is -1.74. The third-order valence-electron chi connectivity index (χ3n) is 3.95. The van der Waals surface area contributed by atoms with Crippen molar-refractivity contribution in [1.29, 1.82) is 0 Å². The molecule has 0 aliphatic rings. The van der Waals surface area contributed by atoms with Crippen LogP contribution in [0.2, 0.25) is 0 Å². The van der Waals surface area contributed by atoms with E-state index in [0.717, 1.165) is 16.7 Å². The predicted molar refractivity (Wildman–Crippen MR) is 101 cm³/mol. The quantitative estimate of drug-likeness (QED) is 0.797. The largest absolute Gasteiger partial charge is 0.479 e. The van der Waals surface area contributed by atoms with Crippen LogP contribution in [0.1, 0.15) is 30.5 Å². The summed E-state index contributed by atoms with van der Waals surface area (Å²) in [4.78, 5) is 24.5. The van der Waals surface area contributed by atoms with Gasteiger partial charge in [-0.15, -0.1) is 0 Å². The molecular weight excluding hydrogens is 330 g/mol. The first-order valence-corrected chi connectivity index (χ1v) is 8.58. The molecule has 0 radical (unpaired) electrons. The molecule has 0 bridgehead atoms. The molecule has 26 heavy (non-hydrogen) atoms. The molecule has 0 saturated carbocycles.